The zero-order valence-electron chi connectivity index (χ0n) is 15.5. The third kappa shape index (κ3) is 3.80. The van der Waals surface area contributed by atoms with Crippen LogP contribution in [-0.4, -0.2) is 27.5 Å². The molecule has 0 amide bonds. The molecule has 28 heavy (non-hydrogen) atoms. The average molecular weight is 392 g/mol. The number of nitrogens with zero attached hydrogens (tertiary/aromatic N) is 3. The first kappa shape index (κ1) is 18.3. The number of ether oxygens (including phenoxy) is 2. The molecule has 2 aromatic carbocycles. The normalized spacial score (nSPS) is 14.7. The van der Waals surface area contributed by atoms with Crippen molar-refractivity contribution < 1.29 is 9.47 Å². The molecule has 3 aromatic rings. The van der Waals surface area contributed by atoms with Crippen LogP contribution in [0.1, 0.15) is 18.7 Å². The lowest BCUT2D eigenvalue weighted by Gasteiger charge is -2.19. The molecular formula is C21H20N4O2S. The topological polar surface area (TPSA) is 69.2 Å². The lowest BCUT2D eigenvalue weighted by atomic mass is 10.1. The van der Waals surface area contributed by atoms with Gasteiger partial charge in [0.15, 0.2) is 11.9 Å². The van der Waals surface area contributed by atoms with Crippen molar-refractivity contribution in [1.82, 2.24) is 15.2 Å². The van der Waals surface area contributed by atoms with Crippen LogP contribution in [0, 0.1) is 0 Å². The van der Waals surface area contributed by atoms with Crippen molar-refractivity contribution >= 4 is 17.4 Å². The molecule has 1 aliphatic heterocycles. The summed E-state index contributed by atoms with van der Waals surface area (Å²) in [5.74, 6) is 1.99. The van der Waals surface area contributed by atoms with Gasteiger partial charge in [-0.2, -0.15) is 4.98 Å². The van der Waals surface area contributed by atoms with Gasteiger partial charge in [0.05, 0.1) is 6.61 Å². The molecule has 7 heteroatoms. The highest BCUT2D eigenvalue weighted by molar-refractivity contribution is 7.99. The molecule has 142 valence electrons. The van der Waals surface area contributed by atoms with E-state index in [9.17, 15) is 0 Å². The number of para-hydroxylation sites is 1. The highest BCUT2D eigenvalue weighted by atomic mass is 32.2. The van der Waals surface area contributed by atoms with Gasteiger partial charge in [0.2, 0.25) is 11.0 Å². The van der Waals surface area contributed by atoms with E-state index >= 15 is 0 Å². The Morgan fingerprint density at radius 1 is 1.18 bits per heavy atom. The summed E-state index contributed by atoms with van der Waals surface area (Å²) in [6.45, 7) is 6.33. The van der Waals surface area contributed by atoms with Gasteiger partial charge in [0, 0.05) is 22.6 Å². The number of hydrogen-bond acceptors (Lipinski definition) is 7. The second kappa shape index (κ2) is 8.31. The lowest BCUT2D eigenvalue weighted by molar-refractivity contribution is 0.225. The minimum atomic E-state index is -0.410. The van der Waals surface area contributed by atoms with Crippen LogP contribution in [-0.2, 0) is 0 Å². The molecule has 1 aromatic heterocycles. The Morgan fingerprint density at radius 2 is 2.00 bits per heavy atom. The Hall–Kier alpha value is -3.06. The van der Waals surface area contributed by atoms with E-state index in [1.165, 1.54) is 11.8 Å². The van der Waals surface area contributed by atoms with Gasteiger partial charge < -0.3 is 14.8 Å². The fourth-order valence-electron chi connectivity index (χ4n) is 2.90. The third-order valence-corrected chi connectivity index (χ3v) is 4.99. The first-order valence-corrected chi connectivity index (χ1v) is 10.0. The minimum absolute atomic E-state index is 0.410. The number of rotatable bonds is 6. The number of thioether (sulfide) groups is 1. The van der Waals surface area contributed by atoms with Gasteiger partial charge >= 0.3 is 0 Å². The number of anilines is 1. The van der Waals surface area contributed by atoms with E-state index in [1.54, 1.807) is 6.08 Å². The summed E-state index contributed by atoms with van der Waals surface area (Å²) in [4.78, 5) is 4.59. The first-order chi connectivity index (χ1) is 13.8. The van der Waals surface area contributed by atoms with Gasteiger partial charge in [-0.3, -0.25) is 0 Å². The fraction of sp³-hybridized carbons (Fsp3) is 0.190. The summed E-state index contributed by atoms with van der Waals surface area (Å²) in [5.41, 5.74) is 3.42. The number of aromatic nitrogens is 3. The second-order valence-electron chi connectivity index (χ2n) is 6.04. The van der Waals surface area contributed by atoms with Crippen molar-refractivity contribution in [1.29, 1.82) is 0 Å². The predicted molar refractivity (Wildman–Crippen MR) is 111 cm³/mol. The van der Waals surface area contributed by atoms with E-state index in [-0.39, 0.29) is 0 Å². The molecule has 0 saturated heterocycles. The molecule has 1 N–H and O–H groups in total. The SMILES string of the molecule is C=CCSc1nnc2c(n1)O[C@@H](c1ccc(OCC)cc1)Nc1ccccc1-2. The fourth-order valence-corrected chi connectivity index (χ4v) is 3.41. The summed E-state index contributed by atoms with van der Waals surface area (Å²) in [6.07, 6.45) is 1.40. The molecule has 6 nitrogen and oxygen atoms in total. The lowest BCUT2D eigenvalue weighted by Crippen LogP contribution is -2.17. The zero-order chi connectivity index (χ0) is 19.3. The summed E-state index contributed by atoms with van der Waals surface area (Å²) >= 11 is 1.47. The maximum absolute atomic E-state index is 6.24. The Kier molecular flexibility index (Phi) is 5.43. The van der Waals surface area contributed by atoms with E-state index in [1.807, 2.05) is 55.5 Å². The van der Waals surface area contributed by atoms with E-state index in [2.05, 4.69) is 27.1 Å². The molecule has 0 radical (unpaired) electrons. The van der Waals surface area contributed by atoms with Crippen LogP contribution < -0.4 is 14.8 Å². The molecule has 0 spiro atoms. The summed E-state index contributed by atoms with van der Waals surface area (Å²) < 4.78 is 11.8. The number of benzene rings is 2. The van der Waals surface area contributed by atoms with E-state index < -0.39 is 6.23 Å². The molecule has 1 aliphatic rings. The highest BCUT2D eigenvalue weighted by Gasteiger charge is 2.25. The Labute approximate surface area is 168 Å². The van der Waals surface area contributed by atoms with Gasteiger partial charge in [-0.1, -0.05) is 36.0 Å². The molecule has 0 aliphatic carbocycles. The van der Waals surface area contributed by atoms with Crippen molar-refractivity contribution in [2.24, 2.45) is 0 Å². The van der Waals surface area contributed by atoms with Crippen LogP contribution in [0.15, 0.2) is 66.3 Å². The number of hydrogen-bond donors (Lipinski definition) is 1. The van der Waals surface area contributed by atoms with Gasteiger partial charge in [0.1, 0.15) is 5.75 Å². The first-order valence-electron chi connectivity index (χ1n) is 9.02. The van der Waals surface area contributed by atoms with E-state index in [0.29, 0.717) is 29.1 Å². The molecule has 2 heterocycles. The summed E-state index contributed by atoms with van der Waals surface area (Å²) in [5, 5.41) is 12.6. The monoisotopic (exact) mass is 392 g/mol. The van der Waals surface area contributed by atoms with Crippen molar-refractivity contribution in [3.63, 3.8) is 0 Å². The van der Waals surface area contributed by atoms with Crippen LogP contribution in [0.2, 0.25) is 0 Å². The van der Waals surface area contributed by atoms with E-state index in [0.717, 1.165) is 22.6 Å². The molecule has 0 unspecified atom stereocenters. The smallest absolute Gasteiger partial charge is 0.247 e. The predicted octanol–water partition coefficient (Wildman–Crippen LogP) is 4.72. The molecule has 0 saturated carbocycles. The third-order valence-electron chi connectivity index (χ3n) is 4.16. The Morgan fingerprint density at radius 3 is 2.79 bits per heavy atom. The van der Waals surface area contributed by atoms with Crippen LogP contribution in [0.5, 0.6) is 11.6 Å². The Bertz CT molecular complexity index is 978. The molecule has 1 atom stereocenters. The second-order valence-corrected chi connectivity index (χ2v) is 7.02. The standard InChI is InChI=1S/C21H20N4O2S/c1-3-13-28-21-23-20-18(24-25-21)16-7-5-6-8-17(16)22-19(27-20)14-9-11-15(12-10-14)26-4-2/h3,5-12,19,22H,1,4,13H2,2H3/t19-/m0/s1. The summed E-state index contributed by atoms with van der Waals surface area (Å²) in [6, 6.07) is 15.8. The van der Waals surface area contributed by atoms with Gasteiger partial charge in [0.25, 0.3) is 0 Å². The quantitative estimate of drug-likeness (QED) is 0.481. The van der Waals surface area contributed by atoms with Gasteiger partial charge in [-0.25, -0.2) is 0 Å². The van der Waals surface area contributed by atoms with Crippen molar-refractivity contribution in [3.8, 4) is 22.9 Å². The van der Waals surface area contributed by atoms with Gasteiger partial charge in [-0.15, -0.1) is 16.8 Å². The van der Waals surface area contributed by atoms with Crippen LogP contribution >= 0.6 is 11.8 Å². The average Bonchev–Trinajstić information content (AvgIpc) is 2.89. The van der Waals surface area contributed by atoms with Crippen molar-refractivity contribution in [3.05, 3.63) is 66.7 Å². The van der Waals surface area contributed by atoms with Crippen molar-refractivity contribution in [2.75, 3.05) is 17.7 Å². The van der Waals surface area contributed by atoms with E-state index in [4.69, 9.17) is 9.47 Å². The molecule has 4 rings (SSSR count). The largest absolute Gasteiger partial charge is 0.494 e. The van der Waals surface area contributed by atoms with Crippen molar-refractivity contribution in [2.45, 2.75) is 18.3 Å². The maximum atomic E-state index is 6.24. The van der Waals surface area contributed by atoms with Crippen LogP contribution in [0.3, 0.4) is 0 Å². The number of nitrogens with one attached hydrogen (secondary N) is 1. The minimum Gasteiger partial charge on any atom is -0.494 e. The Balaban J connectivity index is 1.73. The molecule has 0 bridgehead atoms. The van der Waals surface area contributed by atoms with Crippen LogP contribution in [0.25, 0.3) is 11.3 Å². The maximum Gasteiger partial charge on any atom is 0.247 e. The molecular weight excluding hydrogens is 372 g/mol. The molecule has 0 fully saturated rings. The number of fused-ring (bicyclic) bond motifs is 3. The van der Waals surface area contributed by atoms with Crippen LogP contribution in [0.4, 0.5) is 5.69 Å². The highest BCUT2D eigenvalue weighted by Crippen LogP contribution is 2.39. The summed E-state index contributed by atoms with van der Waals surface area (Å²) in [7, 11) is 0. The van der Waals surface area contributed by atoms with Gasteiger partial charge in [-0.05, 0) is 37.3 Å². The zero-order valence-corrected chi connectivity index (χ0v) is 16.3.